The quantitative estimate of drug-likeness (QED) is 0.912. The first-order valence-corrected chi connectivity index (χ1v) is 7.12. The van der Waals surface area contributed by atoms with Crippen molar-refractivity contribution in [1.29, 1.82) is 0 Å². The molecule has 2 aromatic heterocycles. The zero-order valence-electron chi connectivity index (χ0n) is 13.1. The molecule has 2 heterocycles. The highest BCUT2D eigenvalue weighted by molar-refractivity contribution is 5.04. The number of nitrogens with one attached hydrogen (secondary N) is 1. The molecule has 2 aromatic rings. The van der Waals surface area contributed by atoms with Crippen molar-refractivity contribution in [3.05, 3.63) is 36.4 Å². The molecule has 0 aliphatic heterocycles. The Labute approximate surface area is 121 Å². The number of rotatable bonds is 5. The second kappa shape index (κ2) is 5.79. The van der Waals surface area contributed by atoms with E-state index in [0.717, 1.165) is 18.9 Å². The van der Waals surface area contributed by atoms with Crippen LogP contribution in [0.1, 0.15) is 52.2 Å². The molecule has 0 fully saturated rings. The van der Waals surface area contributed by atoms with Crippen molar-refractivity contribution in [3.8, 4) is 0 Å². The summed E-state index contributed by atoms with van der Waals surface area (Å²) < 4.78 is 4.37. The van der Waals surface area contributed by atoms with Gasteiger partial charge in [0.15, 0.2) is 0 Å². The molecule has 0 aliphatic rings. The second-order valence-electron chi connectivity index (χ2n) is 6.46. The molecule has 0 aliphatic carbocycles. The van der Waals surface area contributed by atoms with E-state index in [-0.39, 0.29) is 5.54 Å². The number of imidazole rings is 2. The van der Waals surface area contributed by atoms with Crippen LogP contribution < -0.4 is 5.32 Å². The Hall–Kier alpha value is -1.62. The van der Waals surface area contributed by atoms with E-state index in [0.29, 0.717) is 6.04 Å². The maximum absolute atomic E-state index is 4.45. The predicted molar refractivity (Wildman–Crippen MR) is 80.5 cm³/mol. The molecule has 0 unspecified atom stereocenters. The zero-order chi connectivity index (χ0) is 14.8. The minimum atomic E-state index is 0.0937. The molecule has 0 amide bonds. The lowest BCUT2D eigenvalue weighted by Gasteiger charge is -2.21. The van der Waals surface area contributed by atoms with E-state index in [1.165, 1.54) is 5.69 Å². The first-order valence-electron chi connectivity index (χ1n) is 7.12. The number of hydrogen-bond donors (Lipinski definition) is 1. The van der Waals surface area contributed by atoms with E-state index in [1.54, 1.807) is 0 Å². The van der Waals surface area contributed by atoms with Crippen molar-refractivity contribution in [2.24, 2.45) is 0 Å². The molecule has 0 radical (unpaired) electrons. The first kappa shape index (κ1) is 14.8. The third-order valence-electron chi connectivity index (χ3n) is 3.21. The largest absolute Gasteiger partial charge is 0.330 e. The van der Waals surface area contributed by atoms with E-state index < -0.39 is 0 Å². The van der Waals surface area contributed by atoms with E-state index in [4.69, 9.17) is 0 Å². The summed E-state index contributed by atoms with van der Waals surface area (Å²) in [7, 11) is 0. The maximum Gasteiger partial charge on any atom is 0.123 e. The highest BCUT2D eigenvalue weighted by Crippen LogP contribution is 2.12. The van der Waals surface area contributed by atoms with Crippen molar-refractivity contribution in [1.82, 2.24) is 24.4 Å². The Kier molecular flexibility index (Phi) is 4.28. The van der Waals surface area contributed by atoms with Crippen LogP contribution in [0.3, 0.4) is 0 Å². The highest BCUT2D eigenvalue weighted by Gasteiger charge is 2.12. The summed E-state index contributed by atoms with van der Waals surface area (Å²) in [5, 5.41) is 3.48. The Morgan fingerprint density at radius 3 is 2.70 bits per heavy atom. The molecule has 0 bridgehead atoms. The van der Waals surface area contributed by atoms with Gasteiger partial charge in [0, 0.05) is 30.2 Å². The number of hydrogen-bond acceptors (Lipinski definition) is 3. The van der Waals surface area contributed by atoms with Crippen LogP contribution in [-0.4, -0.2) is 24.6 Å². The van der Waals surface area contributed by atoms with Crippen LogP contribution >= 0.6 is 0 Å². The molecule has 1 N–H and O–H groups in total. The second-order valence-corrected chi connectivity index (χ2v) is 6.46. The van der Waals surface area contributed by atoms with Gasteiger partial charge in [0.1, 0.15) is 5.82 Å². The van der Waals surface area contributed by atoms with Gasteiger partial charge in [-0.3, -0.25) is 0 Å². The fourth-order valence-corrected chi connectivity index (χ4v) is 2.09. The van der Waals surface area contributed by atoms with Crippen LogP contribution in [0.4, 0.5) is 0 Å². The predicted octanol–water partition coefficient (Wildman–Crippen LogP) is 2.60. The smallest absolute Gasteiger partial charge is 0.123 e. The standard InChI is InChI=1S/C15H25N5/c1-12(2)20-11-16-8-13(20)10-19-7-6-17-14(19)9-18-15(3,4)5/h6-8,11-12,18H,9-10H2,1-5H3. The molecule has 5 nitrogen and oxygen atoms in total. The highest BCUT2D eigenvalue weighted by atomic mass is 15.1. The summed E-state index contributed by atoms with van der Waals surface area (Å²) in [6.45, 7) is 12.4. The topological polar surface area (TPSA) is 47.7 Å². The van der Waals surface area contributed by atoms with Crippen molar-refractivity contribution < 1.29 is 0 Å². The third-order valence-corrected chi connectivity index (χ3v) is 3.21. The van der Waals surface area contributed by atoms with Gasteiger partial charge in [-0.05, 0) is 34.6 Å². The van der Waals surface area contributed by atoms with Crippen LogP contribution in [0, 0.1) is 0 Å². The summed E-state index contributed by atoms with van der Waals surface area (Å²) in [6.07, 6.45) is 7.71. The molecule has 0 saturated carbocycles. The van der Waals surface area contributed by atoms with Gasteiger partial charge in [0.2, 0.25) is 0 Å². The molecule has 20 heavy (non-hydrogen) atoms. The summed E-state index contributed by atoms with van der Waals surface area (Å²) in [5.41, 5.74) is 1.30. The Morgan fingerprint density at radius 2 is 2.05 bits per heavy atom. The lowest BCUT2D eigenvalue weighted by atomic mass is 10.1. The molecule has 0 aromatic carbocycles. The zero-order valence-corrected chi connectivity index (χ0v) is 13.1. The minimum Gasteiger partial charge on any atom is -0.330 e. The van der Waals surface area contributed by atoms with Crippen LogP contribution in [0.2, 0.25) is 0 Å². The van der Waals surface area contributed by atoms with Crippen molar-refractivity contribution in [3.63, 3.8) is 0 Å². The fourth-order valence-electron chi connectivity index (χ4n) is 2.09. The van der Waals surface area contributed by atoms with Crippen molar-refractivity contribution in [2.75, 3.05) is 0 Å². The van der Waals surface area contributed by atoms with Crippen molar-refractivity contribution in [2.45, 2.75) is 59.3 Å². The van der Waals surface area contributed by atoms with Gasteiger partial charge in [-0.15, -0.1) is 0 Å². The number of aromatic nitrogens is 4. The van der Waals surface area contributed by atoms with E-state index in [1.807, 2.05) is 24.9 Å². The molecule has 5 heteroatoms. The normalized spacial score (nSPS) is 12.3. The van der Waals surface area contributed by atoms with Crippen LogP contribution in [0.15, 0.2) is 24.9 Å². The Balaban J connectivity index is 2.10. The molecule has 2 rings (SSSR count). The number of nitrogens with zero attached hydrogens (tertiary/aromatic N) is 4. The van der Waals surface area contributed by atoms with Crippen molar-refractivity contribution >= 4 is 0 Å². The van der Waals surface area contributed by atoms with Gasteiger partial charge in [0.05, 0.1) is 25.1 Å². The molecular weight excluding hydrogens is 250 g/mol. The fraction of sp³-hybridized carbons (Fsp3) is 0.600. The van der Waals surface area contributed by atoms with Gasteiger partial charge in [-0.2, -0.15) is 0 Å². The molecular formula is C15H25N5. The van der Waals surface area contributed by atoms with Gasteiger partial charge >= 0.3 is 0 Å². The summed E-state index contributed by atoms with van der Waals surface area (Å²) in [4.78, 5) is 8.70. The van der Waals surface area contributed by atoms with Crippen LogP contribution in [-0.2, 0) is 13.1 Å². The van der Waals surface area contributed by atoms with Crippen LogP contribution in [0.5, 0.6) is 0 Å². The summed E-state index contributed by atoms with van der Waals surface area (Å²) >= 11 is 0. The molecule has 0 atom stereocenters. The lowest BCUT2D eigenvalue weighted by Crippen LogP contribution is -2.36. The molecule has 0 saturated heterocycles. The van der Waals surface area contributed by atoms with Gasteiger partial charge in [-0.1, -0.05) is 0 Å². The first-order chi connectivity index (χ1) is 9.37. The SMILES string of the molecule is CC(C)n1cncc1Cn1ccnc1CNC(C)(C)C. The lowest BCUT2D eigenvalue weighted by molar-refractivity contribution is 0.412. The monoisotopic (exact) mass is 275 g/mol. The summed E-state index contributed by atoms with van der Waals surface area (Å²) in [6, 6.07) is 0.423. The van der Waals surface area contributed by atoms with Gasteiger partial charge in [-0.25, -0.2) is 9.97 Å². The summed E-state index contributed by atoms with van der Waals surface area (Å²) in [5.74, 6) is 1.05. The van der Waals surface area contributed by atoms with Crippen LogP contribution in [0.25, 0.3) is 0 Å². The van der Waals surface area contributed by atoms with Gasteiger partial charge < -0.3 is 14.5 Å². The Bertz CT molecular complexity index is 545. The minimum absolute atomic E-state index is 0.0937. The van der Waals surface area contributed by atoms with Gasteiger partial charge in [0.25, 0.3) is 0 Å². The molecule has 110 valence electrons. The third kappa shape index (κ3) is 3.70. The molecule has 0 spiro atoms. The average Bonchev–Trinajstić information content (AvgIpc) is 2.95. The van der Waals surface area contributed by atoms with E-state index in [9.17, 15) is 0 Å². The van der Waals surface area contributed by atoms with E-state index in [2.05, 4.69) is 59.0 Å². The van der Waals surface area contributed by atoms with E-state index >= 15 is 0 Å². The maximum atomic E-state index is 4.45. The average molecular weight is 275 g/mol. The Morgan fingerprint density at radius 1 is 1.30 bits per heavy atom.